The van der Waals surface area contributed by atoms with E-state index in [1.165, 1.54) is 19.1 Å². The molecule has 1 atom stereocenters. The van der Waals surface area contributed by atoms with E-state index >= 15 is 0 Å². The van der Waals surface area contributed by atoms with Crippen LogP contribution in [0, 0.1) is 5.92 Å². The molecule has 1 saturated carbocycles. The van der Waals surface area contributed by atoms with Crippen molar-refractivity contribution in [3.63, 3.8) is 0 Å². The summed E-state index contributed by atoms with van der Waals surface area (Å²) in [6, 6.07) is 3.43. The summed E-state index contributed by atoms with van der Waals surface area (Å²) in [6.45, 7) is 1.88. The summed E-state index contributed by atoms with van der Waals surface area (Å²) in [6.07, 6.45) is 7.92. The molecular weight excluding hydrogens is 270 g/mol. The van der Waals surface area contributed by atoms with Crippen LogP contribution in [0.3, 0.4) is 0 Å². The van der Waals surface area contributed by atoms with E-state index in [0.29, 0.717) is 0 Å². The van der Waals surface area contributed by atoms with Crippen molar-refractivity contribution in [2.45, 2.75) is 51.5 Å². The first-order valence-electron chi connectivity index (χ1n) is 7.67. The molecule has 1 heterocycles. The van der Waals surface area contributed by atoms with Gasteiger partial charge in [0.25, 0.3) is 5.91 Å². The van der Waals surface area contributed by atoms with Gasteiger partial charge in [0, 0.05) is 12.6 Å². The van der Waals surface area contributed by atoms with Crippen molar-refractivity contribution in [2.24, 2.45) is 5.92 Å². The monoisotopic (exact) mass is 293 g/mol. The van der Waals surface area contributed by atoms with Crippen LogP contribution in [0.5, 0.6) is 0 Å². The van der Waals surface area contributed by atoms with Gasteiger partial charge in [-0.2, -0.15) is 0 Å². The van der Waals surface area contributed by atoms with Crippen molar-refractivity contribution >= 4 is 11.9 Å². The van der Waals surface area contributed by atoms with E-state index < -0.39 is 11.9 Å². The summed E-state index contributed by atoms with van der Waals surface area (Å²) in [7, 11) is 0. The van der Waals surface area contributed by atoms with E-state index in [-0.39, 0.29) is 24.3 Å². The Hall–Kier alpha value is -1.78. The number of nitrogens with zero attached hydrogens (tertiary/aromatic N) is 1. The van der Waals surface area contributed by atoms with Gasteiger partial charge in [-0.15, -0.1) is 0 Å². The normalized spacial score (nSPS) is 18.0. The molecule has 1 fully saturated rings. The minimum absolute atomic E-state index is 0.117. The first-order chi connectivity index (χ1) is 10.1. The van der Waals surface area contributed by atoms with E-state index in [0.717, 1.165) is 25.7 Å². The van der Waals surface area contributed by atoms with Crippen LogP contribution in [-0.2, 0) is 4.79 Å². The van der Waals surface area contributed by atoms with Crippen molar-refractivity contribution in [1.82, 2.24) is 4.90 Å². The van der Waals surface area contributed by atoms with Crippen LogP contribution in [0.1, 0.15) is 56.0 Å². The molecule has 0 saturated heterocycles. The van der Waals surface area contributed by atoms with Gasteiger partial charge in [0.1, 0.15) is 0 Å². The van der Waals surface area contributed by atoms with E-state index in [2.05, 4.69) is 0 Å². The lowest BCUT2D eigenvalue weighted by Gasteiger charge is -2.32. The fourth-order valence-electron chi connectivity index (χ4n) is 2.88. The Balaban J connectivity index is 2.16. The number of furan rings is 1. The molecule has 1 amide bonds. The highest BCUT2D eigenvalue weighted by Gasteiger charge is 2.29. The zero-order valence-electron chi connectivity index (χ0n) is 12.5. The summed E-state index contributed by atoms with van der Waals surface area (Å²) < 4.78 is 5.20. The van der Waals surface area contributed by atoms with Crippen LogP contribution in [0.25, 0.3) is 0 Å². The molecule has 0 radical (unpaired) electrons. The lowest BCUT2D eigenvalue weighted by molar-refractivity contribution is -0.141. The molecule has 0 bridgehead atoms. The molecule has 5 heteroatoms. The molecule has 1 aromatic rings. The first kappa shape index (κ1) is 15.6. The molecule has 2 rings (SSSR count). The predicted octanol–water partition coefficient (Wildman–Crippen LogP) is 3.17. The summed E-state index contributed by atoms with van der Waals surface area (Å²) in [5, 5.41) is 9.14. The lowest BCUT2D eigenvalue weighted by Crippen LogP contribution is -2.43. The Morgan fingerprint density at radius 2 is 2.00 bits per heavy atom. The maximum atomic E-state index is 12.6. The van der Waals surface area contributed by atoms with Crippen LogP contribution in [0.15, 0.2) is 22.8 Å². The van der Waals surface area contributed by atoms with Gasteiger partial charge in [-0.25, -0.2) is 0 Å². The number of carboxylic acid groups (broad SMARTS) is 1. The Bertz CT molecular complexity index is 461. The molecule has 1 aromatic heterocycles. The van der Waals surface area contributed by atoms with Gasteiger partial charge in [-0.05, 0) is 25.0 Å². The van der Waals surface area contributed by atoms with Gasteiger partial charge in [0.05, 0.1) is 12.2 Å². The molecule has 1 unspecified atom stereocenters. The molecule has 1 aliphatic carbocycles. The Kier molecular flexibility index (Phi) is 5.42. The topological polar surface area (TPSA) is 70.8 Å². The van der Waals surface area contributed by atoms with Gasteiger partial charge in [-0.3, -0.25) is 9.59 Å². The Labute approximate surface area is 124 Å². The average Bonchev–Trinajstić information content (AvgIpc) is 2.87. The number of hydrogen-bond acceptors (Lipinski definition) is 3. The van der Waals surface area contributed by atoms with Crippen molar-refractivity contribution < 1.29 is 19.1 Å². The number of carbonyl (C=O) groups is 2. The maximum absolute atomic E-state index is 12.6. The SMILES string of the molecule is CC(CN(C(=O)c1ccco1)C1CCCCCC1)C(=O)O. The standard InChI is InChI=1S/C16H23NO4/c1-12(16(19)20)11-17(13-7-4-2-3-5-8-13)15(18)14-9-6-10-21-14/h6,9-10,12-13H,2-5,7-8,11H2,1H3,(H,19,20). The second-order valence-electron chi connectivity index (χ2n) is 5.82. The second-order valence-corrected chi connectivity index (χ2v) is 5.82. The number of hydrogen-bond donors (Lipinski definition) is 1. The van der Waals surface area contributed by atoms with Crippen LogP contribution < -0.4 is 0 Å². The minimum Gasteiger partial charge on any atom is -0.481 e. The molecular formula is C16H23NO4. The zero-order chi connectivity index (χ0) is 15.2. The van der Waals surface area contributed by atoms with E-state index in [1.54, 1.807) is 24.0 Å². The van der Waals surface area contributed by atoms with Gasteiger partial charge in [0.2, 0.25) is 0 Å². The van der Waals surface area contributed by atoms with Gasteiger partial charge in [-0.1, -0.05) is 32.6 Å². The molecule has 0 aliphatic heterocycles. The molecule has 5 nitrogen and oxygen atoms in total. The quantitative estimate of drug-likeness (QED) is 0.846. The van der Waals surface area contributed by atoms with Crippen molar-refractivity contribution in [3.8, 4) is 0 Å². The Morgan fingerprint density at radius 3 is 2.52 bits per heavy atom. The lowest BCUT2D eigenvalue weighted by atomic mass is 10.0. The third-order valence-electron chi connectivity index (χ3n) is 4.15. The molecule has 1 aliphatic rings. The average molecular weight is 293 g/mol. The van der Waals surface area contributed by atoms with Gasteiger partial charge in [0.15, 0.2) is 5.76 Å². The predicted molar refractivity (Wildman–Crippen MR) is 78.0 cm³/mol. The summed E-state index contributed by atoms with van der Waals surface area (Å²) in [5.41, 5.74) is 0. The molecule has 0 aromatic carbocycles. The van der Waals surface area contributed by atoms with Crippen LogP contribution in [-0.4, -0.2) is 34.5 Å². The second kappa shape index (κ2) is 7.29. The highest BCUT2D eigenvalue weighted by Crippen LogP contribution is 2.24. The number of rotatable bonds is 5. The maximum Gasteiger partial charge on any atom is 0.308 e. The fraction of sp³-hybridized carbons (Fsp3) is 0.625. The number of amides is 1. The van der Waals surface area contributed by atoms with E-state index in [4.69, 9.17) is 9.52 Å². The largest absolute Gasteiger partial charge is 0.481 e. The van der Waals surface area contributed by atoms with Crippen molar-refractivity contribution in [3.05, 3.63) is 24.2 Å². The van der Waals surface area contributed by atoms with E-state index in [1.807, 2.05) is 0 Å². The van der Waals surface area contributed by atoms with E-state index in [9.17, 15) is 9.59 Å². The minimum atomic E-state index is -0.874. The summed E-state index contributed by atoms with van der Waals surface area (Å²) in [5.74, 6) is -1.36. The first-order valence-corrected chi connectivity index (χ1v) is 7.67. The van der Waals surface area contributed by atoms with Crippen LogP contribution >= 0.6 is 0 Å². The number of carboxylic acids is 1. The zero-order valence-corrected chi connectivity index (χ0v) is 12.5. The Morgan fingerprint density at radius 1 is 1.33 bits per heavy atom. The third-order valence-corrected chi connectivity index (χ3v) is 4.15. The number of carbonyl (C=O) groups excluding carboxylic acids is 1. The van der Waals surface area contributed by atoms with Crippen molar-refractivity contribution in [2.75, 3.05) is 6.54 Å². The molecule has 116 valence electrons. The molecule has 0 spiro atoms. The molecule has 21 heavy (non-hydrogen) atoms. The fourth-order valence-corrected chi connectivity index (χ4v) is 2.88. The smallest absolute Gasteiger partial charge is 0.308 e. The summed E-state index contributed by atoms with van der Waals surface area (Å²) in [4.78, 5) is 25.5. The van der Waals surface area contributed by atoms with Crippen LogP contribution in [0.2, 0.25) is 0 Å². The highest BCUT2D eigenvalue weighted by atomic mass is 16.4. The third kappa shape index (κ3) is 4.09. The van der Waals surface area contributed by atoms with Gasteiger partial charge < -0.3 is 14.4 Å². The molecule has 1 N–H and O–H groups in total. The van der Waals surface area contributed by atoms with Crippen LogP contribution in [0.4, 0.5) is 0 Å². The van der Waals surface area contributed by atoms with Crippen molar-refractivity contribution in [1.29, 1.82) is 0 Å². The summed E-state index contributed by atoms with van der Waals surface area (Å²) >= 11 is 0. The highest BCUT2D eigenvalue weighted by molar-refractivity contribution is 5.92. The van der Waals surface area contributed by atoms with Gasteiger partial charge >= 0.3 is 5.97 Å². The number of aliphatic carboxylic acids is 1.